The van der Waals surface area contributed by atoms with Crippen LogP contribution in [0.25, 0.3) is 11.3 Å². The molecule has 0 spiro atoms. The number of nitrogens with zero attached hydrogens (tertiary/aromatic N) is 2. The SMILES string of the molecule is CCOc1cccc(-c2cc(C(=O)N/N=C\c3ccc(Br)cc3)[nH]n2)c1. The summed E-state index contributed by atoms with van der Waals surface area (Å²) in [5.41, 5.74) is 5.22. The first-order chi connectivity index (χ1) is 12.7. The maximum atomic E-state index is 12.2. The highest BCUT2D eigenvalue weighted by Gasteiger charge is 2.11. The summed E-state index contributed by atoms with van der Waals surface area (Å²) in [5, 5.41) is 10.9. The number of carbonyl (C=O) groups excluding carboxylic acids is 1. The number of H-pyrrole nitrogens is 1. The molecule has 2 aromatic carbocycles. The van der Waals surface area contributed by atoms with E-state index >= 15 is 0 Å². The molecule has 0 aliphatic heterocycles. The van der Waals surface area contributed by atoms with Crippen LogP contribution < -0.4 is 10.2 Å². The lowest BCUT2D eigenvalue weighted by Gasteiger charge is -2.03. The number of nitrogens with one attached hydrogen (secondary N) is 2. The van der Waals surface area contributed by atoms with E-state index in [2.05, 4.69) is 36.7 Å². The van der Waals surface area contributed by atoms with Crippen molar-refractivity contribution in [1.82, 2.24) is 15.6 Å². The van der Waals surface area contributed by atoms with Gasteiger partial charge in [0.05, 0.1) is 18.5 Å². The summed E-state index contributed by atoms with van der Waals surface area (Å²) >= 11 is 3.37. The van der Waals surface area contributed by atoms with Crippen molar-refractivity contribution in [2.75, 3.05) is 6.61 Å². The van der Waals surface area contributed by atoms with Crippen LogP contribution in [-0.2, 0) is 0 Å². The van der Waals surface area contributed by atoms with Gasteiger partial charge in [0, 0.05) is 10.0 Å². The molecule has 0 aliphatic rings. The van der Waals surface area contributed by atoms with Gasteiger partial charge in [-0.05, 0) is 42.8 Å². The average molecular weight is 413 g/mol. The average Bonchev–Trinajstić information content (AvgIpc) is 3.14. The Bertz CT molecular complexity index is 919. The Hall–Kier alpha value is -2.93. The number of aromatic amines is 1. The van der Waals surface area contributed by atoms with Gasteiger partial charge in [-0.2, -0.15) is 10.2 Å². The lowest BCUT2D eigenvalue weighted by Crippen LogP contribution is -2.17. The van der Waals surface area contributed by atoms with Crippen LogP contribution >= 0.6 is 15.9 Å². The second kappa shape index (κ2) is 8.44. The van der Waals surface area contributed by atoms with E-state index in [1.165, 1.54) is 0 Å². The van der Waals surface area contributed by atoms with Crippen molar-refractivity contribution < 1.29 is 9.53 Å². The lowest BCUT2D eigenvalue weighted by atomic mass is 10.1. The zero-order valence-electron chi connectivity index (χ0n) is 14.1. The molecular formula is C19H17BrN4O2. The highest BCUT2D eigenvalue weighted by Crippen LogP contribution is 2.22. The Morgan fingerprint density at radius 2 is 2.08 bits per heavy atom. The van der Waals surface area contributed by atoms with Crippen LogP contribution in [0, 0.1) is 0 Å². The van der Waals surface area contributed by atoms with Crippen molar-refractivity contribution >= 4 is 28.1 Å². The standard InChI is InChI=1S/C19H17BrN4O2/c1-2-26-16-5-3-4-14(10-16)17-11-18(23-22-17)19(25)24-21-12-13-6-8-15(20)9-7-13/h3-12H,2H2,1H3,(H,22,23)(H,24,25)/b21-12-. The van der Waals surface area contributed by atoms with Gasteiger partial charge in [-0.3, -0.25) is 9.89 Å². The molecule has 0 bridgehead atoms. The molecular weight excluding hydrogens is 396 g/mol. The summed E-state index contributed by atoms with van der Waals surface area (Å²) in [6.45, 7) is 2.52. The van der Waals surface area contributed by atoms with E-state index in [-0.39, 0.29) is 5.91 Å². The van der Waals surface area contributed by atoms with Crippen molar-refractivity contribution in [3.8, 4) is 17.0 Å². The predicted molar refractivity (Wildman–Crippen MR) is 104 cm³/mol. The van der Waals surface area contributed by atoms with Gasteiger partial charge in [0.2, 0.25) is 0 Å². The number of amides is 1. The second-order valence-electron chi connectivity index (χ2n) is 5.38. The van der Waals surface area contributed by atoms with Crippen molar-refractivity contribution in [3.63, 3.8) is 0 Å². The topological polar surface area (TPSA) is 79.4 Å². The van der Waals surface area contributed by atoms with Gasteiger partial charge in [0.1, 0.15) is 11.4 Å². The molecule has 26 heavy (non-hydrogen) atoms. The minimum Gasteiger partial charge on any atom is -0.494 e. The quantitative estimate of drug-likeness (QED) is 0.474. The molecule has 1 heterocycles. The normalized spacial score (nSPS) is 10.8. The molecule has 1 aromatic heterocycles. The summed E-state index contributed by atoms with van der Waals surface area (Å²) < 4.78 is 6.47. The number of benzene rings is 2. The summed E-state index contributed by atoms with van der Waals surface area (Å²) in [6, 6.07) is 16.8. The Kier molecular flexibility index (Phi) is 5.80. The van der Waals surface area contributed by atoms with E-state index in [9.17, 15) is 4.79 Å². The largest absolute Gasteiger partial charge is 0.494 e. The van der Waals surface area contributed by atoms with Gasteiger partial charge in [-0.15, -0.1) is 0 Å². The monoisotopic (exact) mass is 412 g/mol. The van der Waals surface area contributed by atoms with Gasteiger partial charge in [-0.25, -0.2) is 5.43 Å². The lowest BCUT2D eigenvalue weighted by molar-refractivity contribution is 0.0950. The van der Waals surface area contributed by atoms with Gasteiger partial charge in [0.25, 0.3) is 5.91 Å². The molecule has 0 unspecified atom stereocenters. The molecule has 3 aromatic rings. The van der Waals surface area contributed by atoms with Gasteiger partial charge in [-0.1, -0.05) is 40.2 Å². The fraction of sp³-hybridized carbons (Fsp3) is 0.105. The number of carbonyl (C=O) groups is 1. The van der Waals surface area contributed by atoms with Gasteiger partial charge < -0.3 is 4.74 Å². The minimum absolute atomic E-state index is 0.328. The highest BCUT2D eigenvalue weighted by molar-refractivity contribution is 9.10. The molecule has 3 rings (SSSR count). The Morgan fingerprint density at radius 3 is 2.85 bits per heavy atom. The number of aromatic nitrogens is 2. The molecule has 6 nitrogen and oxygen atoms in total. The van der Waals surface area contributed by atoms with E-state index in [1.807, 2.05) is 55.5 Å². The maximum absolute atomic E-state index is 12.2. The smallest absolute Gasteiger partial charge is 0.289 e. The fourth-order valence-corrected chi connectivity index (χ4v) is 2.54. The number of hydrogen-bond acceptors (Lipinski definition) is 4. The molecule has 0 fully saturated rings. The Morgan fingerprint density at radius 1 is 1.27 bits per heavy atom. The number of rotatable bonds is 6. The summed E-state index contributed by atoms with van der Waals surface area (Å²) in [5.74, 6) is 0.399. The third kappa shape index (κ3) is 4.58. The molecule has 0 saturated carbocycles. The second-order valence-corrected chi connectivity index (χ2v) is 6.29. The fourth-order valence-electron chi connectivity index (χ4n) is 2.27. The predicted octanol–water partition coefficient (Wildman–Crippen LogP) is 4.00. The van der Waals surface area contributed by atoms with E-state index < -0.39 is 0 Å². The molecule has 0 aliphatic carbocycles. The van der Waals surface area contributed by atoms with Crippen LogP contribution in [0.15, 0.2) is 64.2 Å². The van der Waals surface area contributed by atoms with E-state index in [0.29, 0.717) is 18.0 Å². The zero-order valence-corrected chi connectivity index (χ0v) is 15.7. The molecule has 0 saturated heterocycles. The van der Waals surface area contributed by atoms with Gasteiger partial charge in [0.15, 0.2) is 0 Å². The van der Waals surface area contributed by atoms with Crippen molar-refractivity contribution in [2.24, 2.45) is 5.10 Å². The minimum atomic E-state index is -0.363. The number of halogens is 1. The van der Waals surface area contributed by atoms with Crippen LogP contribution in [0.3, 0.4) is 0 Å². The van der Waals surface area contributed by atoms with Gasteiger partial charge >= 0.3 is 0 Å². The third-order valence-corrected chi connectivity index (χ3v) is 4.04. The highest BCUT2D eigenvalue weighted by atomic mass is 79.9. The van der Waals surface area contributed by atoms with Crippen LogP contribution in [-0.4, -0.2) is 28.9 Å². The Balaban J connectivity index is 1.66. The van der Waals surface area contributed by atoms with Crippen LogP contribution in [0.1, 0.15) is 23.0 Å². The first kappa shape index (κ1) is 17.9. The van der Waals surface area contributed by atoms with E-state index in [1.54, 1.807) is 12.3 Å². The van der Waals surface area contributed by atoms with Crippen LogP contribution in [0.2, 0.25) is 0 Å². The molecule has 1 amide bonds. The summed E-state index contributed by atoms with van der Waals surface area (Å²) in [4.78, 5) is 12.2. The van der Waals surface area contributed by atoms with E-state index in [4.69, 9.17) is 4.74 Å². The number of hydrogen-bond donors (Lipinski definition) is 2. The van der Waals surface area contributed by atoms with E-state index in [0.717, 1.165) is 21.3 Å². The summed E-state index contributed by atoms with van der Waals surface area (Å²) in [7, 11) is 0. The molecule has 0 radical (unpaired) electrons. The van der Waals surface area contributed by atoms with Crippen molar-refractivity contribution in [1.29, 1.82) is 0 Å². The molecule has 0 atom stereocenters. The first-order valence-electron chi connectivity index (χ1n) is 8.03. The number of hydrazone groups is 1. The Labute approximate surface area is 159 Å². The van der Waals surface area contributed by atoms with Crippen molar-refractivity contribution in [2.45, 2.75) is 6.92 Å². The first-order valence-corrected chi connectivity index (χ1v) is 8.82. The molecule has 2 N–H and O–H groups in total. The number of ether oxygens (including phenoxy) is 1. The molecule has 7 heteroatoms. The third-order valence-electron chi connectivity index (χ3n) is 3.51. The summed E-state index contributed by atoms with van der Waals surface area (Å²) in [6.07, 6.45) is 1.58. The maximum Gasteiger partial charge on any atom is 0.289 e. The van der Waals surface area contributed by atoms with Crippen molar-refractivity contribution in [3.05, 3.63) is 70.3 Å². The molecule has 132 valence electrons. The van der Waals surface area contributed by atoms with Crippen LogP contribution in [0.4, 0.5) is 0 Å². The zero-order chi connectivity index (χ0) is 18.4. The van der Waals surface area contributed by atoms with Crippen LogP contribution in [0.5, 0.6) is 5.75 Å².